The third kappa shape index (κ3) is 3.66. The molecule has 144 valence electrons. The van der Waals surface area contributed by atoms with Crippen LogP contribution in [0, 0.1) is 24.2 Å². The van der Waals surface area contributed by atoms with Crippen molar-refractivity contribution in [3.63, 3.8) is 0 Å². The predicted octanol–water partition coefficient (Wildman–Crippen LogP) is 2.98. The highest BCUT2D eigenvalue weighted by molar-refractivity contribution is 5.96. The molecule has 0 aliphatic carbocycles. The van der Waals surface area contributed by atoms with E-state index in [0.717, 1.165) is 32.5 Å². The zero-order chi connectivity index (χ0) is 19.5. The maximum absolute atomic E-state index is 13.1. The van der Waals surface area contributed by atoms with Gasteiger partial charge < -0.3 is 4.90 Å². The number of nitriles is 1. The van der Waals surface area contributed by atoms with Gasteiger partial charge in [0.2, 0.25) is 0 Å². The number of hydrazine groups is 1. The van der Waals surface area contributed by atoms with Gasteiger partial charge in [0.1, 0.15) is 0 Å². The van der Waals surface area contributed by atoms with Crippen LogP contribution in [0.1, 0.15) is 45.8 Å². The van der Waals surface area contributed by atoms with E-state index in [-0.39, 0.29) is 5.91 Å². The molecular formula is C23H26N4O. The maximum atomic E-state index is 13.1. The minimum Gasteiger partial charge on any atom is -0.338 e. The van der Waals surface area contributed by atoms with Gasteiger partial charge in [0.05, 0.1) is 17.2 Å². The molecule has 2 heterocycles. The zero-order valence-corrected chi connectivity index (χ0v) is 16.2. The molecule has 3 atom stereocenters. The minimum atomic E-state index is -0.0281. The average molecular weight is 374 g/mol. The van der Waals surface area contributed by atoms with Gasteiger partial charge in [-0.1, -0.05) is 42.0 Å². The number of benzene rings is 2. The van der Waals surface area contributed by atoms with Crippen molar-refractivity contribution in [3.8, 4) is 6.07 Å². The molecule has 0 radical (unpaired) electrons. The molecule has 0 spiro atoms. The van der Waals surface area contributed by atoms with Crippen molar-refractivity contribution in [2.24, 2.45) is 5.92 Å². The number of carbonyl (C=O) groups is 1. The van der Waals surface area contributed by atoms with Crippen LogP contribution < -0.4 is 10.9 Å². The second-order valence-corrected chi connectivity index (χ2v) is 7.88. The van der Waals surface area contributed by atoms with Crippen LogP contribution in [-0.2, 0) is 0 Å². The number of carbonyl (C=O) groups excluding carboxylic acids is 1. The van der Waals surface area contributed by atoms with Crippen LogP contribution in [0.15, 0.2) is 48.5 Å². The summed E-state index contributed by atoms with van der Waals surface area (Å²) in [6, 6.07) is 18.3. The Labute approximate surface area is 166 Å². The average Bonchev–Trinajstić information content (AvgIpc) is 3.24. The highest BCUT2D eigenvalue weighted by Crippen LogP contribution is 2.32. The normalized spacial score (nSPS) is 24.7. The van der Waals surface area contributed by atoms with E-state index in [1.165, 1.54) is 11.1 Å². The van der Waals surface area contributed by atoms with Gasteiger partial charge >= 0.3 is 0 Å². The number of piperidine rings is 1. The Kier molecular flexibility index (Phi) is 5.43. The first kappa shape index (κ1) is 18.7. The third-order valence-corrected chi connectivity index (χ3v) is 6.06. The molecule has 2 aromatic rings. The SMILES string of the molecule is Cc1ccc(C2CNNC2C2CCCN(C(=O)c3ccccc3C#N)C2)cc1. The third-order valence-electron chi connectivity index (χ3n) is 6.06. The number of nitrogens with one attached hydrogen (secondary N) is 2. The van der Waals surface area contributed by atoms with Crippen molar-refractivity contribution in [2.75, 3.05) is 19.6 Å². The molecule has 2 aliphatic heterocycles. The van der Waals surface area contributed by atoms with Gasteiger partial charge in [-0.05, 0) is 43.4 Å². The largest absolute Gasteiger partial charge is 0.338 e. The Balaban J connectivity index is 1.51. The summed E-state index contributed by atoms with van der Waals surface area (Å²) in [5.74, 6) is 0.750. The van der Waals surface area contributed by atoms with Crippen molar-refractivity contribution >= 4 is 5.91 Å². The lowest BCUT2D eigenvalue weighted by atomic mass is 9.81. The first-order chi connectivity index (χ1) is 13.7. The summed E-state index contributed by atoms with van der Waals surface area (Å²) in [4.78, 5) is 15.0. The number of likely N-dealkylation sites (tertiary alicyclic amines) is 1. The molecule has 2 aliphatic rings. The molecule has 0 saturated carbocycles. The quantitative estimate of drug-likeness (QED) is 0.867. The topological polar surface area (TPSA) is 68.2 Å². The number of aryl methyl sites for hydroxylation is 1. The van der Waals surface area contributed by atoms with Crippen LogP contribution in [0.3, 0.4) is 0 Å². The van der Waals surface area contributed by atoms with Crippen molar-refractivity contribution in [1.82, 2.24) is 15.8 Å². The fraction of sp³-hybridized carbons (Fsp3) is 0.391. The molecule has 2 fully saturated rings. The fourth-order valence-corrected chi connectivity index (χ4v) is 4.52. The monoisotopic (exact) mass is 374 g/mol. The fourth-order valence-electron chi connectivity index (χ4n) is 4.52. The van der Waals surface area contributed by atoms with Crippen LogP contribution in [0.25, 0.3) is 0 Å². The molecule has 5 nitrogen and oxygen atoms in total. The summed E-state index contributed by atoms with van der Waals surface area (Å²) in [5.41, 5.74) is 10.4. The zero-order valence-electron chi connectivity index (χ0n) is 16.2. The van der Waals surface area contributed by atoms with E-state index < -0.39 is 0 Å². The van der Waals surface area contributed by atoms with Crippen LogP contribution >= 0.6 is 0 Å². The van der Waals surface area contributed by atoms with E-state index in [1.807, 2.05) is 11.0 Å². The molecule has 2 aromatic carbocycles. The summed E-state index contributed by atoms with van der Waals surface area (Å²) in [7, 11) is 0. The molecule has 2 N–H and O–H groups in total. The molecule has 2 saturated heterocycles. The minimum absolute atomic E-state index is 0.0281. The van der Waals surface area contributed by atoms with E-state index in [4.69, 9.17) is 0 Å². The van der Waals surface area contributed by atoms with Gasteiger partial charge in [0, 0.05) is 31.6 Å². The Hall–Kier alpha value is -2.68. The summed E-state index contributed by atoms with van der Waals surface area (Å²) in [6.07, 6.45) is 2.09. The summed E-state index contributed by atoms with van der Waals surface area (Å²) >= 11 is 0. The van der Waals surface area contributed by atoms with E-state index in [1.54, 1.807) is 18.2 Å². The summed E-state index contributed by atoms with van der Waals surface area (Å²) in [5, 5.41) is 9.33. The van der Waals surface area contributed by atoms with Gasteiger partial charge in [-0.3, -0.25) is 15.6 Å². The van der Waals surface area contributed by atoms with Gasteiger partial charge in [0.15, 0.2) is 0 Å². The predicted molar refractivity (Wildman–Crippen MR) is 109 cm³/mol. The van der Waals surface area contributed by atoms with E-state index in [2.05, 4.69) is 48.1 Å². The number of amides is 1. The smallest absolute Gasteiger partial charge is 0.255 e. The van der Waals surface area contributed by atoms with Gasteiger partial charge in [0.25, 0.3) is 5.91 Å². The molecular weight excluding hydrogens is 348 g/mol. The summed E-state index contributed by atoms with van der Waals surface area (Å²) < 4.78 is 0. The van der Waals surface area contributed by atoms with Crippen molar-refractivity contribution in [1.29, 1.82) is 5.26 Å². The number of nitrogens with zero attached hydrogens (tertiary/aromatic N) is 2. The van der Waals surface area contributed by atoms with Crippen molar-refractivity contribution < 1.29 is 4.79 Å². The van der Waals surface area contributed by atoms with E-state index >= 15 is 0 Å². The molecule has 28 heavy (non-hydrogen) atoms. The van der Waals surface area contributed by atoms with Crippen molar-refractivity contribution in [3.05, 3.63) is 70.8 Å². The first-order valence-corrected chi connectivity index (χ1v) is 10.0. The highest BCUT2D eigenvalue weighted by Gasteiger charge is 2.37. The highest BCUT2D eigenvalue weighted by atomic mass is 16.2. The Morgan fingerprint density at radius 3 is 2.75 bits per heavy atom. The first-order valence-electron chi connectivity index (χ1n) is 10.0. The second-order valence-electron chi connectivity index (χ2n) is 7.88. The van der Waals surface area contributed by atoms with Gasteiger partial charge in [-0.2, -0.15) is 5.26 Å². The molecule has 5 heteroatoms. The lowest BCUT2D eigenvalue weighted by Crippen LogP contribution is -2.48. The van der Waals surface area contributed by atoms with Gasteiger partial charge in [-0.25, -0.2) is 0 Å². The lowest BCUT2D eigenvalue weighted by molar-refractivity contribution is 0.0644. The Bertz CT molecular complexity index is 886. The standard InChI is InChI=1S/C23H26N4O/c1-16-8-10-17(11-9-16)21-14-25-26-22(21)19-6-4-12-27(15-19)23(28)20-7-3-2-5-18(20)13-24/h2-3,5,7-11,19,21-22,25-26H,4,6,12,14-15H2,1H3. The van der Waals surface area contributed by atoms with Crippen LogP contribution in [0.5, 0.6) is 0 Å². The number of hydrogen-bond acceptors (Lipinski definition) is 4. The molecule has 0 bridgehead atoms. The number of rotatable bonds is 3. The van der Waals surface area contributed by atoms with E-state index in [0.29, 0.717) is 29.0 Å². The van der Waals surface area contributed by atoms with Crippen LogP contribution in [-0.4, -0.2) is 36.5 Å². The second kappa shape index (κ2) is 8.14. The van der Waals surface area contributed by atoms with Crippen LogP contribution in [0.2, 0.25) is 0 Å². The summed E-state index contributed by atoms with van der Waals surface area (Å²) in [6.45, 7) is 4.48. The van der Waals surface area contributed by atoms with Gasteiger partial charge in [-0.15, -0.1) is 0 Å². The van der Waals surface area contributed by atoms with Crippen molar-refractivity contribution in [2.45, 2.75) is 31.7 Å². The lowest BCUT2D eigenvalue weighted by Gasteiger charge is -2.37. The maximum Gasteiger partial charge on any atom is 0.255 e. The molecule has 3 unspecified atom stereocenters. The van der Waals surface area contributed by atoms with E-state index in [9.17, 15) is 10.1 Å². The Morgan fingerprint density at radius 2 is 1.96 bits per heavy atom. The molecule has 1 amide bonds. The van der Waals surface area contributed by atoms with Crippen LogP contribution in [0.4, 0.5) is 0 Å². The Morgan fingerprint density at radius 1 is 1.18 bits per heavy atom. The molecule has 0 aromatic heterocycles. The number of hydrogen-bond donors (Lipinski definition) is 2. The molecule has 4 rings (SSSR count).